The Balaban J connectivity index is 1.58. The predicted molar refractivity (Wildman–Crippen MR) is 96.1 cm³/mol. The molecule has 1 aromatic heterocycles. The van der Waals surface area contributed by atoms with Gasteiger partial charge in [0.25, 0.3) is 5.91 Å². The maximum atomic E-state index is 12.2. The number of hydrogen-bond acceptors (Lipinski definition) is 3. The fourth-order valence-corrected chi connectivity index (χ4v) is 2.78. The van der Waals surface area contributed by atoms with E-state index in [1.807, 2.05) is 42.5 Å². The van der Waals surface area contributed by atoms with Crippen molar-refractivity contribution in [1.29, 1.82) is 0 Å². The summed E-state index contributed by atoms with van der Waals surface area (Å²) in [6.07, 6.45) is 3.48. The van der Waals surface area contributed by atoms with Gasteiger partial charge in [0, 0.05) is 23.0 Å². The van der Waals surface area contributed by atoms with E-state index in [1.165, 1.54) is 5.56 Å². The zero-order valence-electron chi connectivity index (χ0n) is 12.7. The Morgan fingerprint density at radius 2 is 1.91 bits per heavy atom. The van der Waals surface area contributed by atoms with Crippen LogP contribution in [0.25, 0.3) is 10.9 Å². The summed E-state index contributed by atoms with van der Waals surface area (Å²) >= 11 is 4.38. The third kappa shape index (κ3) is 3.90. The molecule has 0 aliphatic carbocycles. The smallest absolute Gasteiger partial charge is 0.252 e. The molecule has 1 N–H and O–H groups in total. The molecule has 0 unspecified atom stereocenters. The van der Waals surface area contributed by atoms with Gasteiger partial charge in [-0.3, -0.25) is 9.78 Å². The number of nitrogens with zero attached hydrogens (tertiary/aromatic N) is 1. The van der Waals surface area contributed by atoms with E-state index >= 15 is 0 Å². The van der Waals surface area contributed by atoms with E-state index in [9.17, 15) is 4.79 Å². The number of aromatic nitrogens is 1. The van der Waals surface area contributed by atoms with Gasteiger partial charge in [0.2, 0.25) is 0 Å². The number of para-hydroxylation sites is 1. The van der Waals surface area contributed by atoms with Gasteiger partial charge in [-0.25, -0.2) is 0 Å². The monoisotopic (exact) mass is 322 g/mol. The van der Waals surface area contributed by atoms with E-state index in [1.54, 1.807) is 6.20 Å². The highest BCUT2D eigenvalue weighted by Crippen LogP contribution is 2.20. The number of fused-ring (bicyclic) bond motifs is 1. The van der Waals surface area contributed by atoms with Gasteiger partial charge in [-0.1, -0.05) is 42.5 Å². The number of aryl methyl sites for hydroxylation is 1. The van der Waals surface area contributed by atoms with E-state index in [2.05, 4.69) is 35.1 Å². The Labute approximate surface area is 141 Å². The summed E-state index contributed by atoms with van der Waals surface area (Å²) in [4.78, 5) is 17.4. The Bertz CT molecular complexity index is 818. The van der Waals surface area contributed by atoms with Crippen LogP contribution >= 0.6 is 12.6 Å². The highest BCUT2D eigenvalue weighted by atomic mass is 32.1. The number of hydrogen-bond donors (Lipinski definition) is 2. The molecule has 0 fully saturated rings. The highest BCUT2D eigenvalue weighted by Gasteiger charge is 2.07. The average molecular weight is 322 g/mol. The fourth-order valence-electron chi connectivity index (χ4n) is 2.51. The number of carbonyl (C=O) groups excluding carboxylic acids is 1. The van der Waals surface area contributed by atoms with Crippen LogP contribution in [0.2, 0.25) is 0 Å². The molecule has 3 nitrogen and oxygen atoms in total. The molecule has 0 aliphatic rings. The molecule has 2 aromatic carbocycles. The number of carbonyl (C=O) groups is 1. The number of rotatable bonds is 5. The van der Waals surface area contributed by atoms with E-state index in [-0.39, 0.29) is 5.91 Å². The molecule has 0 saturated heterocycles. The molecule has 0 spiro atoms. The van der Waals surface area contributed by atoms with E-state index in [0.717, 1.165) is 28.6 Å². The second-order valence-electron chi connectivity index (χ2n) is 5.42. The first-order chi connectivity index (χ1) is 11.2. The molecule has 0 aliphatic heterocycles. The maximum absolute atomic E-state index is 12.2. The first kappa shape index (κ1) is 15.6. The lowest BCUT2D eigenvalue weighted by molar-refractivity contribution is 0.0953. The molecule has 0 atom stereocenters. The molecule has 3 aromatic rings. The Morgan fingerprint density at radius 3 is 2.74 bits per heavy atom. The predicted octanol–water partition coefficient (Wildman–Crippen LogP) is 3.89. The van der Waals surface area contributed by atoms with Crippen molar-refractivity contribution in [1.82, 2.24) is 10.3 Å². The average Bonchev–Trinajstić information content (AvgIpc) is 2.59. The Hall–Kier alpha value is -2.33. The van der Waals surface area contributed by atoms with Crippen molar-refractivity contribution in [2.24, 2.45) is 0 Å². The van der Waals surface area contributed by atoms with Gasteiger partial charge in [-0.15, -0.1) is 12.6 Å². The number of benzene rings is 2. The van der Waals surface area contributed by atoms with Crippen LogP contribution in [0.4, 0.5) is 0 Å². The summed E-state index contributed by atoms with van der Waals surface area (Å²) in [5.41, 5.74) is 2.68. The van der Waals surface area contributed by atoms with E-state index < -0.39 is 0 Å². The molecule has 0 saturated carbocycles. The normalized spacial score (nSPS) is 10.7. The third-order valence-corrected chi connectivity index (χ3v) is 4.08. The number of pyridine rings is 1. The fraction of sp³-hybridized carbons (Fsp3) is 0.158. The summed E-state index contributed by atoms with van der Waals surface area (Å²) < 4.78 is 0. The van der Waals surface area contributed by atoms with Gasteiger partial charge in [0.1, 0.15) is 0 Å². The Kier molecular flexibility index (Phi) is 4.93. The number of nitrogens with one attached hydrogen (secondary N) is 1. The van der Waals surface area contributed by atoms with Crippen molar-refractivity contribution in [3.05, 3.63) is 71.9 Å². The molecule has 23 heavy (non-hydrogen) atoms. The van der Waals surface area contributed by atoms with Crippen LogP contribution in [0.15, 0.2) is 65.7 Å². The molecule has 0 bridgehead atoms. The van der Waals surface area contributed by atoms with E-state index in [4.69, 9.17) is 0 Å². The lowest BCUT2D eigenvalue weighted by atomic mass is 10.1. The van der Waals surface area contributed by atoms with Crippen LogP contribution in [-0.4, -0.2) is 17.4 Å². The number of amides is 1. The summed E-state index contributed by atoms with van der Waals surface area (Å²) in [7, 11) is 0. The van der Waals surface area contributed by atoms with Gasteiger partial charge >= 0.3 is 0 Å². The van der Waals surface area contributed by atoms with Gasteiger partial charge in [0.15, 0.2) is 0 Å². The lowest BCUT2D eigenvalue weighted by Crippen LogP contribution is -2.24. The largest absolute Gasteiger partial charge is 0.352 e. The SMILES string of the molecule is O=C(NCCCc1ccccc1)c1cnc2c(S)cccc2c1. The van der Waals surface area contributed by atoms with Crippen molar-refractivity contribution >= 4 is 29.4 Å². The van der Waals surface area contributed by atoms with Crippen LogP contribution < -0.4 is 5.32 Å². The molecule has 0 radical (unpaired) electrons. The molecule has 1 heterocycles. The lowest BCUT2D eigenvalue weighted by Gasteiger charge is -2.07. The first-order valence-electron chi connectivity index (χ1n) is 7.64. The summed E-state index contributed by atoms with van der Waals surface area (Å²) in [5.74, 6) is -0.0861. The maximum Gasteiger partial charge on any atom is 0.252 e. The van der Waals surface area contributed by atoms with Crippen molar-refractivity contribution in [2.75, 3.05) is 6.54 Å². The first-order valence-corrected chi connectivity index (χ1v) is 8.08. The van der Waals surface area contributed by atoms with Crippen LogP contribution in [-0.2, 0) is 6.42 Å². The number of thiol groups is 1. The van der Waals surface area contributed by atoms with Crippen LogP contribution in [0, 0.1) is 0 Å². The minimum atomic E-state index is -0.0861. The molecule has 116 valence electrons. The zero-order chi connectivity index (χ0) is 16.1. The summed E-state index contributed by atoms with van der Waals surface area (Å²) in [6.45, 7) is 0.651. The molecule has 3 rings (SSSR count). The molecule has 1 amide bonds. The van der Waals surface area contributed by atoms with Crippen molar-refractivity contribution < 1.29 is 4.79 Å². The van der Waals surface area contributed by atoms with Gasteiger partial charge in [0.05, 0.1) is 11.1 Å². The summed E-state index contributed by atoms with van der Waals surface area (Å²) in [5, 5.41) is 3.88. The van der Waals surface area contributed by atoms with Gasteiger partial charge < -0.3 is 5.32 Å². The zero-order valence-corrected chi connectivity index (χ0v) is 13.6. The minimum absolute atomic E-state index is 0.0861. The highest BCUT2D eigenvalue weighted by molar-refractivity contribution is 7.80. The second kappa shape index (κ2) is 7.29. The van der Waals surface area contributed by atoms with Gasteiger partial charge in [-0.05, 0) is 30.5 Å². The topological polar surface area (TPSA) is 42.0 Å². The Morgan fingerprint density at radius 1 is 1.09 bits per heavy atom. The van der Waals surface area contributed by atoms with Crippen LogP contribution in [0.5, 0.6) is 0 Å². The second-order valence-corrected chi connectivity index (χ2v) is 5.90. The van der Waals surface area contributed by atoms with Crippen LogP contribution in [0.1, 0.15) is 22.3 Å². The molecule has 4 heteroatoms. The molecular weight excluding hydrogens is 304 g/mol. The van der Waals surface area contributed by atoms with Crippen molar-refractivity contribution in [3.8, 4) is 0 Å². The third-order valence-electron chi connectivity index (χ3n) is 3.72. The minimum Gasteiger partial charge on any atom is -0.352 e. The van der Waals surface area contributed by atoms with Crippen molar-refractivity contribution in [3.63, 3.8) is 0 Å². The van der Waals surface area contributed by atoms with E-state index in [0.29, 0.717) is 12.1 Å². The quantitative estimate of drug-likeness (QED) is 0.553. The van der Waals surface area contributed by atoms with Crippen LogP contribution in [0.3, 0.4) is 0 Å². The molecular formula is C19H18N2OS. The standard InChI is InChI=1S/C19H18N2OS/c22-19(20-11-5-8-14-6-2-1-3-7-14)16-12-15-9-4-10-17(23)18(15)21-13-16/h1-4,6-7,9-10,12-13,23H,5,8,11H2,(H,20,22). The van der Waals surface area contributed by atoms with Crippen molar-refractivity contribution in [2.45, 2.75) is 17.7 Å². The van der Waals surface area contributed by atoms with Gasteiger partial charge in [-0.2, -0.15) is 0 Å². The summed E-state index contributed by atoms with van der Waals surface area (Å²) in [6, 6.07) is 17.9.